The van der Waals surface area contributed by atoms with Gasteiger partial charge in [-0.2, -0.15) is 0 Å². The number of aromatic nitrogens is 1. The van der Waals surface area contributed by atoms with E-state index in [4.69, 9.17) is 0 Å². The third kappa shape index (κ3) is 2.70. The highest BCUT2D eigenvalue weighted by molar-refractivity contribution is 6.21. The van der Waals surface area contributed by atoms with Crippen LogP contribution in [0.1, 0.15) is 27.1 Å². The van der Waals surface area contributed by atoms with E-state index in [0.717, 1.165) is 4.90 Å². The van der Waals surface area contributed by atoms with Crippen molar-refractivity contribution in [3.8, 4) is 0 Å². The summed E-state index contributed by atoms with van der Waals surface area (Å²) < 4.78 is 0. The van der Waals surface area contributed by atoms with Gasteiger partial charge in [-0.1, -0.05) is 12.1 Å². The summed E-state index contributed by atoms with van der Waals surface area (Å²) in [6.45, 7) is 0.0653. The zero-order valence-electron chi connectivity index (χ0n) is 12.6. The molecule has 0 saturated heterocycles. The first-order chi connectivity index (χ1) is 11.1. The molecule has 0 aliphatic carbocycles. The Morgan fingerprint density at radius 3 is 2.30 bits per heavy atom. The second-order valence-electron chi connectivity index (χ2n) is 5.22. The van der Waals surface area contributed by atoms with Gasteiger partial charge in [0.2, 0.25) is 5.91 Å². The lowest BCUT2D eigenvalue weighted by molar-refractivity contribution is -0.118. The molecule has 0 spiro atoms. The molecular weight excluding hydrogens is 294 g/mol. The number of rotatable bonds is 4. The zero-order chi connectivity index (χ0) is 16.4. The lowest BCUT2D eigenvalue weighted by Gasteiger charge is -2.19. The maximum Gasteiger partial charge on any atom is 0.261 e. The third-order valence-electron chi connectivity index (χ3n) is 3.83. The van der Waals surface area contributed by atoms with Gasteiger partial charge in [-0.05, 0) is 24.3 Å². The van der Waals surface area contributed by atoms with E-state index in [1.165, 1.54) is 4.90 Å². The Balaban J connectivity index is 1.67. The molecule has 6 heteroatoms. The van der Waals surface area contributed by atoms with Crippen LogP contribution in [-0.4, -0.2) is 41.2 Å². The molecule has 116 valence electrons. The Bertz CT molecular complexity index is 739. The molecule has 2 aromatic rings. The number of fused-ring (bicyclic) bond motifs is 1. The SMILES string of the molecule is CN(C(=O)CCN1C(=O)c2ccccc2C1=O)c1cccnc1. The first-order valence-electron chi connectivity index (χ1n) is 7.21. The molecule has 1 aliphatic rings. The number of carbonyl (C=O) groups is 3. The summed E-state index contributed by atoms with van der Waals surface area (Å²) in [4.78, 5) is 43.2. The predicted octanol–water partition coefficient (Wildman–Crippen LogP) is 1.73. The fraction of sp³-hybridized carbons (Fsp3) is 0.176. The molecule has 0 saturated carbocycles. The molecule has 1 aromatic heterocycles. The summed E-state index contributed by atoms with van der Waals surface area (Å²) >= 11 is 0. The van der Waals surface area contributed by atoms with E-state index in [1.807, 2.05) is 0 Å². The van der Waals surface area contributed by atoms with Crippen LogP contribution in [0.5, 0.6) is 0 Å². The maximum atomic E-state index is 12.2. The number of imide groups is 1. The van der Waals surface area contributed by atoms with E-state index in [9.17, 15) is 14.4 Å². The smallest absolute Gasteiger partial charge is 0.261 e. The number of benzene rings is 1. The van der Waals surface area contributed by atoms with Crippen LogP contribution in [0, 0.1) is 0 Å². The number of hydrogen-bond donors (Lipinski definition) is 0. The van der Waals surface area contributed by atoms with Crippen LogP contribution in [0.15, 0.2) is 48.8 Å². The zero-order valence-corrected chi connectivity index (χ0v) is 12.6. The van der Waals surface area contributed by atoms with Crippen LogP contribution < -0.4 is 4.90 Å². The minimum atomic E-state index is -0.345. The molecule has 0 N–H and O–H groups in total. The van der Waals surface area contributed by atoms with E-state index in [0.29, 0.717) is 16.8 Å². The lowest BCUT2D eigenvalue weighted by Crippen LogP contribution is -2.35. The summed E-state index contributed by atoms with van der Waals surface area (Å²) in [6, 6.07) is 10.2. The van der Waals surface area contributed by atoms with Gasteiger partial charge < -0.3 is 4.90 Å². The molecule has 0 unspecified atom stereocenters. The highest BCUT2D eigenvalue weighted by atomic mass is 16.2. The Labute approximate surface area is 133 Å². The van der Waals surface area contributed by atoms with Gasteiger partial charge in [-0.25, -0.2) is 0 Å². The van der Waals surface area contributed by atoms with E-state index >= 15 is 0 Å². The molecule has 1 aliphatic heterocycles. The van der Waals surface area contributed by atoms with Crippen molar-refractivity contribution in [1.82, 2.24) is 9.88 Å². The number of nitrogens with zero attached hydrogens (tertiary/aromatic N) is 3. The summed E-state index contributed by atoms with van der Waals surface area (Å²) in [5, 5.41) is 0. The molecule has 0 fully saturated rings. The first-order valence-corrected chi connectivity index (χ1v) is 7.21. The molecule has 2 heterocycles. The topological polar surface area (TPSA) is 70.6 Å². The van der Waals surface area contributed by atoms with Gasteiger partial charge in [0.05, 0.1) is 23.0 Å². The summed E-state index contributed by atoms with van der Waals surface area (Å²) in [6.07, 6.45) is 3.28. The van der Waals surface area contributed by atoms with Crippen LogP contribution in [0.4, 0.5) is 5.69 Å². The molecule has 23 heavy (non-hydrogen) atoms. The highest BCUT2D eigenvalue weighted by Gasteiger charge is 2.35. The lowest BCUT2D eigenvalue weighted by atomic mass is 10.1. The monoisotopic (exact) mass is 309 g/mol. The summed E-state index contributed by atoms with van der Waals surface area (Å²) in [7, 11) is 1.64. The van der Waals surface area contributed by atoms with Crippen molar-refractivity contribution in [1.29, 1.82) is 0 Å². The van der Waals surface area contributed by atoms with E-state index in [1.54, 1.807) is 55.8 Å². The fourth-order valence-electron chi connectivity index (χ4n) is 2.51. The van der Waals surface area contributed by atoms with Crippen LogP contribution in [0.25, 0.3) is 0 Å². The van der Waals surface area contributed by atoms with Crippen LogP contribution in [0.3, 0.4) is 0 Å². The standard InChI is InChI=1S/C17H15N3O3/c1-19(12-5-4-9-18-11-12)15(21)8-10-20-16(22)13-6-2-3-7-14(13)17(20)23/h2-7,9,11H,8,10H2,1H3. The average Bonchev–Trinajstić information content (AvgIpc) is 2.84. The van der Waals surface area contributed by atoms with E-state index in [2.05, 4.69) is 4.98 Å². The summed E-state index contributed by atoms with van der Waals surface area (Å²) in [5.41, 5.74) is 1.45. The van der Waals surface area contributed by atoms with Crippen LogP contribution in [0.2, 0.25) is 0 Å². The quantitative estimate of drug-likeness (QED) is 0.807. The number of pyridine rings is 1. The fourth-order valence-corrected chi connectivity index (χ4v) is 2.51. The van der Waals surface area contributed by atoms with Gasteiger partial charge in [-0.3, -0.25) is 24.3 Å². The van der Waals surface area contributed by atoms with Crippen LogP contribution in [-0.2, 0) is 4.79 Å². The Kier molecular flexibility index (Phi) is 3.89. The Hall–Kier alpha value is -3.02. The van der Waals surface area contributed by atoms with Gasteiger partial charge in [-0.15, -0.1) is 0 Å². The number of carbonyl (C=O) groups excluding carboxylic acids is 3. The number of hydrogen-bond acceptors (Lipinski definition) is 4. The van der Waals surface area contributed by atoms with E-state index in [-0.39, 0.29) is 30.7 Å². The second-order valence-corrected chi connectivity index (χ2v) is 5.22. The van der Waals surface area contributed by atoms with Gasteiger partial charge >= 0.3 is 0 Å². The first kappa shape index (κ1) is 14.9. The van der Waals surface area contributed by atoms with E-state index < -0.39 is 0 Å². The highest BCUT2D eigenvalue weighted by Crippen LogP contribution is 2.22. The van der Waals surface area contributed by atoms with Gasteiger partial charge in [0.1, 0.15) is 0 Å². The number of anilines is 1. The van der Waals surface area contributed by atoms with Crippen molar-refractivity contribution in [2.24, 2.45) is 0 Å². The second kappa shape index (κ2) is 6.00. The molecule has 3 rings (SSSR count). The molecular formula is C17H15N3O3. The molecule has 0 radical (unpaired) electrons. The largest absolute Gasteiger partial charge is 0.314 e. The van der Waals surface area contributed by atoms with Crippen molar-refractivity contribution in [3.05, 3.63) is 59.9 Å². The van der Waals surface area contributed by atoms with Crippen molar-refractivity contribution in [2.45, 2.75) is 6.42 Å². The minimum absolute atomic E-state index is 0.0653. The molecule has 1 aromatic carbocycles. The average molecular weight is 309 g/mol. The van der Waals surface area contributed by atoms with Crippen molar-refractivity contribution in [3.63, 3.8) is 0 Å². The Morgan fingerprint density at radius 1 is 1.09 bits per heavy atom. The van der Waals surface area contributed by atoms with Crippen LogP contribution >= 0.6 is 0 Å². The molecule has 6 nitrogen and oxygen atoms in total. The van der Waals surface area contributed by atoms with Crippen molar-refractivity contribution >= 4 is 23.4 Å². The molecule has 0 bridgehead atoms. The van der Waals surface area contributed by atoms with Crippen molar-refractivity contribution < 1.29 is 14.4 Å². The molecule has 3 amide bonds. The van der Waals surface area contributed by atoms with Crippen molar-refractivity contribution in [2.75, 3.05) is 18.5 Å². The summed E-state index contributed by atoms with van der Waals surface area (Å²) in [5.74, 6) is -0.876. The maximum absolute atomic E-state index is 12.2. The Morgan fingerprint density at radius 2 is 1.74 bits per heavy atom. The van der Waals surface area contributed by atoms with Gasteiger partial charge in [0.25, 0.3) is 11.8 Å². The normalized spacial score (nSPS) is 13.2. The third-order valence-corrected chi connectivity index (χ3v) is 3.83. The van der Waals surface area contributed by atoms with Gasteiger partial charge in [0, 0.05) is 26.2 Å². The van der Waals surface area contributed by atoms with Gasteiger partial charge in [0.15, 0.2) is 0 Å². The molecule has 0 atom stereocenters. The number of amides is 3. The minimum Gasteiger partial charge on any atom is -0.314 e. The predicted molar refractivity (Wildman–Crippen MR) is 84.1 cm³/mol.